The third-order valence-corrected chi connectivity index (χ3v) is 5.39. The zero-order valence-electron chi connectivity index (χ0n) is 16.4. The first-order valence-electron chi connectivity index (χ1n) is 9.39. The number of carbonyl (C=O) groups is 2. The topological polar surface area (TPSA) is 70.9 Å². The quantitative estimate of drug-likeness (QED) is 0.711. The van der Waals surface area contributed by atoms with E-state index in [0.29, 0.717) is 18.7 Å². The van der Waals surface area contributed by atoms with Gasteiger partial charge in [0.1, 0.15) is 0 Å². The molecule has 1 saturated heterocycles. The van der Waals surface area contributed by atoms with Crippen LogP contribution in [0.2, 0.25) is 0 Å². The SMILES string of the molecule is CO[C@H]1CC(=O)N(N(C(=O)N2Cc3ccnn3CC2C)c2cc(F)c(F)c(F)c2)C1. The Morgan fingerprint density at radius 3 is 2.57 bits per heavy atom. The van der Waals surface area contributed by atoms with Crippen molar-refractivity contribution in [2.75, 3.05) is 18.7 Å². The highest BCUT2D eigenvalue weighted by molar-refractivity contribution is 5.96. The van der Waals surface area contributed by atoms with Gasteiger partial charge in [0.2, 0.25) is 5.91 Å². The van der Waals surface area contributed by atoms with Crippen LogP contribution in [-0.2, 0) is 22.6 Å². The van der Waals surface area contributed by atoms with Gasteiger partial charge in [-0.2, -0.15) is 10.1 Å². The van der Waals surface area contributed by atoms with E-state index >= 15 is 0 Å². The molecule has 0 radical (unpaired) electrons. The number of hydrazine groups is 1. The fourth-order valence-electron chi connectivity index (χ4n) is 3.74. The first-order chi connectivity index (χ1) is 14.3. The summed E-state index contributed by atoms with van der Waals surface area (Å²) in [5.41, 5.74) is 0.494. The van der Waals surface area contributed by atoms with E-state index in [2.05, 4.69) is 5.10 Å². The summed E-state index contributed by atoms with van der Waals surface area (Å²) in [6.45, 7) is 2.43. The molecule has 8 nitrogen and oxygen atoms in total. The molecule has 0 N–H and O–H groups in total. The summed E-state index contributed by atoms with van der Waals surface area (Å²) in [7, 11) is 1.43. The number of carbonyl (C=O) groups excluding carboxylic acids is 2. The highest BCUT2D eigenvalue weighted by Crippen LogP contribution is 2.29. The molecule has 3 heterocycles. The molecule has 1 unspecified atom stereocenters. The van der Waals surface area contributed by atoms with Gasteiger partial charge in [-0.15, -0.1) is 0 Å². The lowest BCUT2D eigenvalue weighted by atomic mass is 10.2. The Morgan fingerprint density at radius 2 is 1.93 bits per heavy atom. The molecule has 0 aliphatic carbocycles. The molecule has 1 aromatic heterocycles. The summed E-state index contributed by atoms with van der Waals surface area (Å²) in [5.74, 6) is -5.01. The first kappa shape index (κ1) is 20.2. The van der Waals surface area contributed by atoms with E-state index in [1.807, 2.05) is 0 Å². The zero-order valence-corrected chi connectivity index (χ0v) is 16.4. The Labute approximate surface area is 170 Å². The number of ether oxygens (including phenoxy) is 1. The molecule has 0 bridgehead atoms. The van der Waals surface area contributed by atoms with Crippen molar-refractivity contribution in [3.63, 3.8) is 0 Å². The fraction of sp³-hybridized carbons (Fsp3) is 0.421. The number of methoxy groups -OCH3 is 1. The van der Waals surface area contributed by atoms with E-state index in [9.17, 15) is 22.8 Å². The number of fused-ring (bicyclic) bond motifs is 1. The van der Waals surface area contributed by atoms with Crippen LogP contribution in [0.15, 0.2) is 24.4 Å². The molecule has 4 rings (SSSR count). The first-order valence-corrected chi connectivity index (χ1v) is 9.39. The molecule has 0 spiro atoms. The molecule has 160 valence electrons. The summed E-state index contributed by atoms with van der Waals surface area (Å²) in [6.07, 6.45) is 1.14. The molecule has 0 saturated carbocycles. The molecule has 1 aromatic carbocycles. The number of hydrogen-bond acceptors (Lipinski definition) is 4. The standard InChI is InChI=1S/C19H20F3N5O3/c1-11-8-25-12(3-4-23-25)9-24(11)19(29)27(26-10-14(30-2)7-17(26)28)13-5-15(20)18(22)16(21)6-13/h3-6,11,14H,7-10H2,1-2H3/t11?,14-/m0/s1. The van der Waals surface area contributed by atoms with Crippen LogP contribution >= 0.6 is 0 Å². The molecule has 3 amide bonds. The normalized spacial score (nSPS) is 21.2. The predicted octanol–water partition coefficient (Wildman–Crippen LogP) is 2.29. The van der Waals surface area contributed by atoms with Crippen LogP contribution in [-0.4, -0.2) is 57.4 Å². The maximum atomic E-state index is 14.0. The third kappa shape index (κ3) is 3.38. The van der Waals surface area contributed by atoms with Gasteiger partial charge < -0.3 is 9.64 Å². The van der Waals surface area contributed by atoms with Gasteiger partial charge in [0.25, 0.3) is 0 Å². The summed E-state index contributed by atoms with van der Waals surface area (Å²) >= 11 is 0. The van der Waals surface area contributed by atoms with E-state index in [4.69, 9.17) is 4.74 Å². The molecule has 2 aliphatic heterocycles. The molecule has 1 fully saturated rings. The molecule has 2 atom stereocenters. The number of halogens is 3. The maximum Gasteiger partial charge on any atom is 0.344 e. The van der Waals surface area contributed by atoms with Crippen molar-refractivity contribution in [2.24, 2.45) is 0 Å². The van der Waals surface area contributed by atoms with Crippen LogP contribution in [0.5, 0.6) is 0 Å². The van der Waals surface area contributed by atoms with Crippen molar-refractivity contribution in [2.45, 2.75) is 38.6 Å². The highest BCUT2D eigenvalue weighted by Gasteiger charge is 2.41. The number of anilines is 1. The van der Waals surface area contributed by atoms with Crippen LogP contribution in [0, 0.1) is 17.5 Å². The van der Waals surface area contributed by atoms with E-state index in [-0.39, 0.29) is 31.2 Å². The van der Waals surface area contributed by atoms with Gasteiger partial charge in [-0.3, -0.25) is 9.48 Å². The summed E-state index contributed by atoms with van der Waals surface area (Å²) in [4.78, 5) is 27.6. The van der Waals surface area contributed by atoms with Crippen molar-refractivity contribution in [3.8, 4) is 0 Å². The van der Waals surface area contributed by atoms with E-state index in [1.54, 1.807) is 23.9 Å². The van der Waals surface area contributed by atoms with Crippen LogP contribution in [0.1, 0.15) is 19.0 Å². The Hall–Kier alpha value is -3.08. The van der Waals surface area contributed by atoms with Crippen molar-refractivity contribution >= 4 is 17.6 Å². The van der Waals surface area contributed by atoms with Gasteiger partial charge in [0.15, 0.2) is 17.5 Å². The zero-order chi connectivity index (χ0) is 21.6. The van der Waals surface area contributed by atoms with Crippen LogP contribution < -0.4 is 5.01 Å². The van der Waals surface area contributed by atoms with E-state index in [0.717, 1.165) is 15.7 Å². The molecule has 2 aromatic rings. The second kappa shape index (κ2) is 7.63. The molecule has 11 heteroatoms. The minimum atomic E-state index is -1.65. The molecular formula is C19H20F3N5O3. The highest BCUT2D eigenvalue weighted by atomic mass is 19.2. The van der Waals surface area contributed by atoms with Crippen LogP contribution in [0.25, 0.3) is 0 Å². The lowest BCUT2D eigenvalue weighted by molar-refractivity contribution is -0.128. The Bertz CT molecular complexity index is 975. The largest absolute Gasteiger partial charge is 0.379 e. The number of benzene rings is 1. The van der Waals surface area contributed by atoms with Gasteiger partial charge in [-0.05, 0) is 13.0 Å². The van der Waals surface area contributed by atoms with Crippen molar-refractivity contribution in [1.82, 2.24) is 19.7 Å². The minimum Gasteiger partial charge on any atom is -0.379 e. The van der Waals surface area contributed by atoms with Gasteiger partial charge in [-0.25, -0.2) is 23.0 Å². The smallest absolute Gasteiger partial charge is 0.344 e. The number of aromatic nitrogens is 2. The van der Waals surface area contributed by atoms with E-state index < -0.39 is 35.5 Å². The summed E-state index contributed by atoms with van der Waals surface area (Å²) < 4.78 is 48.4. The average Bonchev–Trinajstić information content (AvgIpc) is 3.31. The Morgan fingerprint density at radius 1 is 1.23 bits per heavy atom. The lowest BCUT2D eigenvalue weighted by Crippen LogP contribution is -2.57. The number of hydrogen-bond donors (Lipinski definition) is 0. The number of nitrogens with zero attached hydrogens (tertiary/aromatic N) is 5. The van der Waals surface area contributed by atoms with Crippen molar-refractivity contribution in [1.29, 1.82) is 0 Å². The summed E-state index contributed by atoms with van der Waals surface area (Å²) in [5, 5.41) is 6.17. The molecular weight excluding hydrogens is 403 g/mol. The molecule has 30 heavy (non-hydrogen) atoms. The lowest BCUT2D eigenvalue weighted by Gasteiger charge is -2.40. The van der Waals surface area contributed by atoms with E-state index in [1.165, 1.54) is 12.0 Å². The minimum absolute atomic E-state index is 0.00869. The van der Waals surface area contributed by atoms with Gasteiger partial charge in [0.05, 0.1) is 49.6 Å². The van der Waals surface area contributed by atoms with Crippen LogP contribution in [0.3, 0.4) is 0 Å². The number of urea groups is 1. The predicted molar refractivity (Wildman–Crippen MR) is 98.6 cm³/mol. The second-order valence-corrected chi connectivity index (χ2v) is 7.34. The van der Waals surface area contributed by atoms with Gasteiger partial charge in [0, 0.05) is 25.4 Å². The van der Waals surface area contributed by atoms with Crippen molar-refractivity contribution < 1.29 is 27.5 Å². The number of amides is 3. The van der Waals surface area contributed by atoms with Gasteiger partial charge in [-0.1, -0.05) is 0 Å². The number of rotatable bonds is 3. The monoisotopic (exact) mass is 423 g/mol. The Kier molecular flexibility index (Phi) is 5.14. The maximum absolute atomic E-state index is 14.0. The Balaban J connectivity index is 1.74. The second-order valence-electron chi connectivity index (χ2n) is 7.34. The van der Waals surface area contributed by atoms with Gasteiger partial charge >= 0.3 is 6.03 Å². The van der Waals surface area contributed by atoms with Crippen LogP contribution in [0.4, 0.5) is 23.7 Å². The fourth-order valence-corrected chi connectivity index (χ4v) is 3.74. The third-order valence-electron chi connectivity index (χ3n) is 5.39. The molecule has 2 aliphatic rings. The average molecular weight is 423 g/mol. The summed E-state index contributed by atoms with van der Waals surface area (Å²) in [6, 6.07) is 2.19. The van der Waals surface area contributed by atoms with Crippen molar-refractivity contribution in [3.05, 3.63) is 47.5 Å².